The SMILES string of the molecule is COc1ccc(CO[C@@H]2[C@@H](OCc3ccccc3)[C@@H](CC3COC(C)(C)O3)O[C@H]2CC(O)c2ccco2)cc1. The molecule has 2 unspecified atom stereocenters. The van der Waals surface area contributed by atoms with Gasteiger partial charge in [0.05, 0.1) is 51.5 Å². The van der Waals surface area contributed by atoms with E-state index in [9.17, 15) is 5.11 Å². The third-order valence-corrected chi connectivity index (χ3v) is 7.18. The van der Waals surface area contributed by atoms with E-state index in [0.29, 0.717) is 38.4 Å². The molecule has 210 valence electrons. The molecule has 1 N–H and O–H groups in total. The van der Waals surface area contributed by atoms with Crippen LogP contribution in [-0.4, -0.2) is 55.1 Å². The predicted molar refractivity (Wildman–Crippen MR) is 143 cm³/mol. The molecule has 6 atom stereocenters. The number of benzene rings is 2. The summed E-state index contributed by atoms with van der Waals surface area (Å²) >= 11 is 0. The lowest BCUT2D eigenvalue weighted by Crippen LogP contribution is -2.39. The van der Waals surface area contributed by atoms with E-state index in [0.717, 1.165) is 16.9 Å². The molecule has 1 aromatic heterocycles. The first kappa shape index (κ1) is 27.8. The number of ether oxygens (including phenoxy) is 6. The third-order valence-electron chi connectivity index (χ3n) is 7.18. The van der Waals surface area contributed by atoms with Gasteiger partial charge in [-0.1, -0.05) is 42.5 Å². The molecule has 0 amide bonds. The normalized spacial score (nSPS) is 27.0. The van der Waals surface area contributed by atoms with Crippen molar-refractivity contribution in [2.45, 2.75) is 82.3 Å². The van der Waals surface area contributed by atoms with Crippen LogP contribution in [-0.2, 0) is 36.9 Å². The first-order valence-corrected chi connectivity index (χ1v) is 13.5. The van der Waals surface area contributed by atoms with Crippen LogP contribution in [0, 0.1) is 0 Å². The molecule has 5 rings (SSSR count). The van der Waals surface area contributed by atoms with Gasteiger partial charge in [-0.15, -0.1) is 0 Å². The van der Waals surface area contributed by atoms with Gasteiger partial charge in [0, 0.05) is 12.8 Å². The summed E-state index contributed by atoms with van der Waals surface area (Å²) in [6.07, 6.45) is -0.0891. The summed E-state index contributed by atoms with van der Waals surface area (Å²) in [5.74, 6) is 0.642. The van der Waals surface area contributed by atoms with Crippen LogP contribution in [0.2, 0.25) is 0 Å². The van der Waals surface area contributed by atoms with Crippen LogP contribution in [0.15, 0.2) is 77.4 Å². The molecule has 2 saturated heterocycles. The Morgan fingerprint density at radius 2 is 1.59 bits per heavy atom. The lowest BCUT2D eigenvalue weighted by Gasteiger charge is -2.26. The molecular formula is C31H38O8. The molecule has 39 heavy (non-hydrogen) atoms. The van der Waals surface area contributed by atoms with Crippen LogP contribution in [0.5, 0.6) is 5.75 Å². The first-order chi connectivity index (χ1) is 18.9. The Morgan fingerprint density at radius 1 is 0.897 bits per heavy atom. The van der Waals surface area contributed by atoms with Crippen molar-refractivity contribution in [2.75, 3.05) is 13.7 Å². The molecule has 2 aromatic carbocycles. The van der Waals surface area contributed by atoms with Crippen LogP contribution in [0.1, 0.15) is 49.7 Å². The molecule has 8 heteroatoms. The zero-order chi connectivity index (χ0) is 27.2. The van der Waals surface area contributed by atoms with Crippen molar-refractivity contribution < 1.29 is 37.9 Å². The van der Waals surface area contributed by atoms with Gasteiger partial charge in [-0.2, -0.15) is 0 Å². The maximum absolute atomic E-state index is 10.9. The Bertz CT molecular complexity index is 1130. The summed E-state index contributed by atoms with van der Waals surface area (Å²) in [6, 6.07) is 21.3. The molecule has 3 aromatic rings. The first-order valence-electron chi connectivity index (χ1n) is 13.5. The highest BCUT2D eigenvalue weighted by molar-refractivity contribution is 5.26. The van der Waals surface area contributed by atoms with E-state index >= 15 is 0 Å². The van der Waals surface area contributed by atoms with Crippen molar-refractivity contribution in [1.82, 2.24) is 0 Å². The maximum atomic E-state index is 10.9. The monoisotopic (exact) mass is 538 g/mol. The van der Waals surface area contributed by atoms with Crippen molar-refractivity contribution >= 4 is 0 Å². The van der Waals surface area contributed by atoms with Crippen molar-refractivity contribution in [1.29, 1.82) is 0 Å². The molecule has 3 heterocycles. The van der Waals surface area contributed by atoms with Gasteiger partial charge in [0.2, 0.25) is 0 Å². The smallest absolute Gasteiger partial charge is 0.163 e. The summed E-state index contributed by atoms with van der Waals surface area (Å²) in [7, 11) is 1.64. The second-order valence-corrected chi connectivity index (χ2v) is 10.6. The van der Waals surface area contributed by atoms with Crippen molar-refractivity contribution in [3.8, 4) is 5.75 Å². The van der Waals surface area contributed by atoms with Gasteiger partial charge in [-0.3, -0.25) is 0 Å². The van der Waals surface area contributed by atoms with Crippen LogP contribution in [0.4, 0.5) is 0 Å². The Kier molecular flexibility index (Phi) is 9.02. The number of methoxy groups -OCH3 is 1. The Labute approximate surface area is 229 Å². The van der Waals surface area contributed by atoms with Gasteiger partial charge in [-0.25, -0.2) is 0 Å². The zero-order valence-corrected chi connectivity index (χ0v) is 22.7. The minimum absolute atomic E-state index is 0.135. The second kappa shape index (κ2) is 12.6. The average molecular weight is 539 g/mol. The van der Waals surface area contributed by atoms with Crippen LogP contribution < -0.4 is 4.74 Å². The van der Waals surface area contributed by atoms with Crippen LogP contribution >= 0.6 is 0 Å². The molecule has 0 radical (unpaired) electrons. The summed E-state index contributed by atoms with van der Waals surface area (Å²) in [5.41, 5.74) is 2.06. The molecule has 2 aliphatic rings. The van der Waals surface area contributed by atoms with Gasteiger partial charge < -0.3 is 37.9 Å². The lowest BCUT2D eigenvalue weighted by molar-refractivity contribution is -0.145. The van der Waals surface area contributed by atoms with Crippen molar-refractivity contribution in [2.24, 2.45) is 0 Å². The topological polar surface area (TPSA) is 88.8 Å². The third kappa shape index (κ3) is 7.28. The van der Waals surface area contributed by atoms with Gasteiger partial charge >= 0.3 is 0 Å². The van der Waals surface area contributed by atoms with Gasteiger partial charge in [0.25, 0.3) is 0 Å². The number of aliphatic hydroxyl groups excluding tert-OH is 1. The molecule has 0 bridgehead atoms. The van der Waals surface area contributed by atoms with Gasteiger partial charge in [0.15, 0.2) is 5.79 Å². The maximum Gasteiger partial charge on any atom is 0.163 e. The highest BCUT2D eigenvalue weighted by atomic mass is 16.7. The summed E-state index contributed by atoms with van der Waals surface area (Å²) < 4.78 is 42.3. The number of aliphatic hydroxyl groups is 1. The Hall–Kier alpha value is -2.72. The minimum Gasteiger partial charge on any atom is -0.497 e. The largest absolute Gasteiger partial charge is 0.497 e. The average Bonchev–Trinajstić information content (AvgIpc) is 3.67. The van der Waals surface area contributed by atoms with Crippen LogP contribution in [0.25, 0.3) is 0 Å². The van der Waals surface area contributed by atoms with E-state index < -0.39 is 24.1 Å². The second-order valence-electron chi connectivity index (χ2n) is 10.6. The standard InChI is InChI=1S/C31H38O8/c1-31(2)37-20-24(39-31)16-27-29(35-18-21-8-5-4-6-9-21)30(36-19-22-11-13-23(33-3)14-12-22)28(38-27)17-25(32)26-10-7-15-34-26/h4-15,24-25,27-30,32H,16-20H2,1-3H3/t24?,25?,27-,28+,29+,30+/m1/s1. The van der Waals surface area contributed by atoms with Gasteiger partial charge in [0.1, 0.15) is 29.8 Å². The van der Waals surface area contributed by atoms with E-state index in [4.69, 9.17) is 32.8 Å². The van der Waals surface area contributed by atoms with Gasteiger partial charge in [-0.05, 0) is 49.2 Å². The molecule has 0 aliphatic carbocycles. The highest BCUT2D eigenvalue weighted by Gasteiger charge is 2.49. The zero-order valence-electron chi connectivity index (χ0n) is 22.7. The fourth-order valence-electron chi connectivity index (χ4n) is 5.22. The summed E-state index contributed by atoms with van der Waals surface area (Å²) in [6.45, 7) is 5.08. The number of rotatable bonds is 12. The van der Waals surface area contributed by atoms with E-state index in [1.807, 2.05) is 68.4 Å². The lowest BCUT2D eigenvalue weighted by atomic mass is 9.99. The number of furan rings is 1. The predicted octanol–water partition coefficient (Wildman–Crippen LogP) is 5.19. The van der Waals surface area contributed by atoms with E-state index in [1.165, 1.54) is 0 Å². The quantitative estimate of drug-likeness (QED) is 0.337. The Balaban J connectivity index is 1.36. The van der Waals surface area contributed by atoms with Crippen LogP contribution in [0.3, 0.4) is 0 Å². The number of hydrogen-bond acceptors (Lipinski definition) is 8. The molecule has 2 aliphatic heterocycles. The highest BCUT2D eigenvalue weighted by Crippen LogP contribution is 2.37. The molecule has 8 nitrogen and oxygen atoms in total. The molecule has 2 fully saturated rings. The summed E-state index contributed by atoms with van der Waals surface area (Å²) in [5, 5.41) is 10.9. The minimum atomic E-state index is -0.837. The molecule has 0 spiro atoms. The number of hydrogen-bond donors (Lipinski definition) is 1. The fraction of sp³-hybridized carbons (Fsp3) is 0.484. The Morgan fingerprint density at radius 3 is 2.21 bits per heavy atom. The van der Waals surface area contributed by atoms with Crippen molar-refractivity contribution in [3.63, 3.8) is 0 Å². The summed E-state index contributed by atoms with van der Waals surface area (Å²) in [4.78, 5) is 0. The fourth-order valence-corrected chi connectivity index (χ4v) is 5.22. The van der Waals surface area contributed by atoms with E-state index in [-0.39, 0.29) is 18.3 Å². The van der Waals surface area contributed by atoms with E-state index in [2.05, 4.69) is 0 Å². The molecular weight excluding hydrogens is 500 g/mol. The van der Waals surface area contributed by atoms with Crippen molar-refractivity contribution in [3.05, 3.63) is 89.9 Å². The van der Waals surface area contributed by atoms with E-state index in [1.54, 1.807) is 25.5 Å². The molecule has 0 saturated carbocycles.